The van der Waals surface area contributed by atoms with Crippen molar-refractivity contribution in [1.82, 2.24) is 0 Å². The second-order valence-electron chi connectivity index (χ2n) is 8.40. The molecule has 0 aromatic rings. The third-order valence-electron chi connectivity index (χ3n) is 5.53. The number of unbranched alkanes of at least 4 members (excludes halogenated alkanes) is 19. The molecule has 0 rings (SSSR count). The van der Waals surface area contributed by atoms with Crippen LogP contribution >= 0.6 is 0 Å². The van der Waals surface area contributed by atoms with E-state index < -0.39 is 0 Å². The molecule has 0 saturated heterocycles. The van der Waals surface area contributed by atoms with E-state index >= 15 is 0 Å². The molecule has 1 nitrogen and oxygen atoms in total. The van der Waals surface area contributed by atoms with Gasteiger partial charge in [-0.3, -0.25) is 0 Å². The largest absolute Gasteiger partial charge is 0.502 e. The zero-order chi connectivity index (χ0) is 19.7. The van der Waals surface area contributed by atoms with Gasteiger partial charge in [0.2, 0.25) is 0 Å². The van der Waals surface area contributed by atoms with E-state index in [2.05, 4.69) is 19.9 Å². The van der Waals surface area contributed by atoms with E-state index in [1.54, 1.807) is 0 Å². The Kier molecular flexibility index (Phi) is 25.1. The lowest BCUT2D eigenvalue weighted by molar-refractivity contribution is 0.239. The third kappa shape index (κ3) is 25.5. The van der Waals surface area contributed by atoms with Crippen LogP contribution in [-0.2, 0) is 4.74 Å². The molecule has 0 radical (unpaired) electrons. The van der Waals surface area contributed by atoms with E-state index in [0.29, 0.717) is 0 Å². The standard InChI is InChI=1S/C26H52O/c1-3-5-7-9-11-12-13-14-15-16-17-18-19-20-22-24-26-27-25-23-21-10-8-6-4-2/h24,26H,3-23,25H2,1-2H3. The topological polar surface area (TPSA) is 9.23 Å². The lowest BCUT2D eigenvalue weighted by atomic mass is 10.0. The van der Waals surface area contributed by atoms with Gasteiger partial charge in [0, 0.05) is 0 Å². The van der Waals surface area contributed by atoms with Gasteiger partial charge >= 0.3 is 0 Å². The maximum atomic E-state index is 5.58. The first-order valence-electron chi connectivity index (χ1n) is 12.7. The molecule has 0 aliphatic heterocycles. The second kappa shape index (κ2) is 25.5. The summed E-state index contributed by atoms with van der Waals surface area (Å²) in [6, 6.07) is 0. The molecule has 0 aromatic heterocycles. The summed E-state index contributed by atoms with van der Waals surface area (Å²) in [6.07, 6.45) is 33.5. The van der Waals surface area contributed by atoms with Crippen molar-refractivity contribution in [3.63, 3.8) is 0 Å². The second-order valence-corrected chi connectivity index (χ2v) is 8.40. The van der Waals surface area contributed by atoms with Gasteiger partial charge in [-0.05, 0) is 25.3 Å². The van der Waals surface area contributed by atoms with Crippen LogP contribution in [0, 0.1) is 0 Å². The minimum absolute atomic E-state index is 0.904. The highest BCUT2D eigenvalue weighted by Crippen LogP contribution is 2.13. The smallest absolute Gasteiger partial charge is 0.0873 e. The fraction of sp³-hybridized carbons (Fsp3) is 0.923. The van der Waals surface area contributed by atoms with Crippen LogP contribution < -0.4 is 0 Å². The minimum Gasteiger partial charge on any atom is -0.502 e. The van der Waals surface area contributed by atoms with Gasteiger partial charge in [-0.1, -0.05) is 129 Å². The van der Waals surface area contributed by atoms with Crippen LogP contribution in [0.3, 0.4) is 0 Å². The first-order valence-corrected chi connectivity index (χ1v) is 12.7. The van der Waals surface area contributed by atoms with Crippen LogP contribution in [0.4, 0.5) is 0 Å². The normalized spacial score (nSPS) is 11.5. The Labute approximate surface area is 172 Å². The Hall–Kier alpha value is -0.460. The van der Waals surface area contributed by atoms with Crippen molar-refractivity contribution >= 4 is 0 Å². The molecule has 0 aliphatic carbocycles. The number of hydrogen-bond donors (Lipinski definition) is 0. The highest BCUT2D eigenvalue weighted by Gasteiger charge is 1.94. The molecule has 0 fully saturated rings. The lowest BCUT2D eigenvalue weighted by Gasteiger charge is -2.03. The molecule has 0 aromatic carbocycles. The van der Waals surface area contributed by atoms with Crippen LogP contribution in [-0.4, -0.2) is 6.61 Å². The van der Waals surface area contributed by atoms with E-state index in [4.69, 9.17) is 4.74 Å². The predicted octanol–water partition coefficient (Wildman–Crippen LogP) is 9.75. The Bertz CT molecular complexity index is 271. The number of rotatable bonds is 23. The molecule has 1 heteroatoms. The lowest BCUT2D eigenvalue weighted by Crippen LogP contribution is -1.88. The summed E-state index contributed by atoms with van der Waals surface area (Å²) in [5.74, 6) is 0. The molecule has 0 saturated carbocycles. The molecule has 0 aliphatic rings. The Morgan fingerprint density at radius 2 is 0.815 bits per heavy atom. The number of hydrogen-bond acceptors (Lipinski definition) is 1. The number of allylic oxidation sites excluding steroid dienone is 1. The van der Waals surface area contributed by atoms with Crippen molar-refractivity contribution in [1.29, 1.82) is 0 Å². The summed E-state index contributed by atoms with van der Waals surface area (Å²) in [5.41, 5.74) is 0. The van der Waals surface area contributed by atoms with Gasteiger partial charge in [-0.25, -0.2) is 0 Å². The van der Waals surface area contributed by atoms with Crippen molar-refractivity contribution < 1.29 is 4.74 Å². The third-order valence-corrected chi connectivity index (χ3v) is 5.53. The van der Waals surface area contributed by atoms with E-state index in [1.165, 1.54) is 135 Å². The Morgan fingerprint density at radius 1 is 0.444 bits per heavy atom. The predicted molar refractivity (Wildman–Crippen MR) is 123 cm³/mol. The van der Waals surface area contributed by atoms with E-state index in [1.807, 2.05) is 6.26 Å². The highest BCUT2D eigenvalue weighted by molar-refractivity contribution is 4.73. The fourth-order valence-corrected chi connectivity index (χ4v) is 3.63. The van der Waals surface area contributed by atoms with Gasteiger partial charge in [0.05, 0.1) is 12.9 Å². The monoisotopic (exact) mass is 380 g/mol. The zero-order valence-electron chi connectivity index (χ0n) is 19.1. The molecule has 27 heavy (non-hydrogen) atoms. The summed E-state index contributed by atoms with van der Waals surface area (Å²) in [5, 5.41) is 0. The van der Waals surface area contributed by atoms with Gasteiger partial charge in [0.1, 0.15) is 0 Å². The van der Waals surface area contributed by atoms with Gasteiger partial charge in [0.15, 0.2) is 0 Å². The highest BCUT2D eigenvalue weighted by atomic mass is 16.5. The average molecular weight is 381 g/mol. The summed E-state index contributed by atoms with van der Waals surface area (Å²) in [4.78, 5) is 0. The maximum absolute atomic E-state index is 5.58. The summed E-state index contributed by atoms with van der Waals surface area (Å²) in [6.45, 7) is 5.47. The molecular weight excluding hydrogens is 328 g/mol. The fourth-order valence-electron chi connectivity index (χ4n) is 3.63. The molecule has 0 atom stereocenters. The van der Waals surface area contributed by atoms with Gasteiger partial charge < -0.3 is 4.74 Å². The van der Waals surface area contributed by atoms with Crippen molar-refractivity contribution in [2.75, 3.05) is 6.61 Å². The molecule has 0 unspecified atom stereocenters. The van der Waals surface area contributed by atoms with Crippen LogP contribution in [0.2, 0.25) is 0 Å². The average Bonchev–Trinajstić information content (AvgIpc) is 2.68. The molecule has 0 amide bonds. The van der Waals surface area contributed by atoms with Crippen molar-refractivity contribution in [3.05, 3.63) is 12.3 Å². The van der Waals surface area contributed by atoms with E-state index in [-0.39, 0.29) is 0 Å². The van der Waals surface area contributed by atoms with Crippen LogP contribution in [0.25, 0.3) is 0 Å². The molecular formula is C26H52O. The molecule has 162 valence electrons. The summed E-state index contributed by atoms with van der Waals surface area (Å²) in [7, 11) is 0. The number of ether oxygens (including phenoxy) is 1. The first kappa shape index (κ1) is 26.5. The molecule has 0 spiro atoms. The Morgan fingerprint density at radius 3 is 1.26 bits per heavy atom. The minimum atomic E-state index is 0.904. The van der Waals surface area contributed by atoms with Crippen molar-refractivity contribution in [2.24, 2.45) is 0 Å². The first-order chi connectivity index (χ1) is 13.4. The van der Waals surface area contributed by atoms with E-state index in [0.717, 1.165) is 6.61 Å². The van der Waals surface area contributed by atoms with Crippen molar-refractivity contribution in [3.8, 4) is 0 Å². The molecule has 0 N–H and O–H groups in total. The Balaban J connectivity index is 3.04. The van der Waals surface area contributed by atoms with Gasteiger partial charge in [-0.2, -0.15) is 0 Å². The maximum Gasteiger partial charge on any atom is 0.0873 e. The molecule has 0 bridgehead atoms. The zero-order valence-corrected chi connectivity index (χ0v) is 19.1. The SMILES string of the molecule is CCCCCCCCCCCCCCCCC=COCCCCCCCC. The summed E-state index contributed by atoms with van der Waals surface area (Å²) >= 11 is 0. The summed E-state index contributed by atoms with van der Waals surface area (Å²) < 4.78 is 5.58. The van der Waals surface area contributed by atoms with Gasteiger partial charge in [-0.15, -0.1) is 0 Å². The molecule has 0 heterocycles. The quantitative estimate of drug-likeness (QED) is 0.126. The van der Waals surface area contributed by atoms with E-state index in [9.17, 15) is 0 Å². The van der Waals surface area contributed by atoms with Crippen molar-refractivity contribution in [2.45, 2.75) is 149 Å². The van der Waals surface area contributed by atoms with Gasteiger partial charge in [0.25, 0.3) is 0 Å². The van der Waals surface area contributed by atoms with Crippen LogP contribution in [0.1, 0.15) is 149 Å². The van der Waals surface area contributed by atoms with Crippen LogP contribution in [0.15, 0.2) is 12.3 Å². The van der Waals surface area contributed by atoms with Crippen LogP contribution in [0.5, 0.6) is 0 Å².